The largest absolute Gasteiger partial charge is 0.496 e. The summed E-state index contributed by atoms with van der Waals surface area (Å²) >= 11 is 0. The number of aromatic nitrogens is 1. The molecule has 0 radical (unpaired) electrons. The van der Waals surface area contributed by atoms with E-state index in [1.165, 1.54) is 0 Å². The van der Waals surface area contributed by atoms with Crippen LogP contribution in [0.2, 0.25) is 0 Å². The van der Waals surface area contributed by atoms with Gasteiger partial charge in [0.2, 0.25) is 5.91 Å². The smallest absolute Gasteiger partial charge is 0.258 e. The van der Waals surface area contributed by atoms with E-state index in [1.54, 1.807) is 36.5 Å². The molecule has 0 aliphatic carbocycles. The fraction of sp³-hybridized carbons (Fsp3) is 0.296. The summed E-state index contributed by atoms with van der Waals surface area (Å²) in [6.07, 6.45) is 4.85. The maximum absolute atomic E-state index is 13.6. The Morgan fingerprint density at radius 1 is 1.03 bits per heavy atom. The predicted molar refractivity (Wildman–Crippen MR) is 128 cm³/mol. The molecule has 1 fully saturated rings. The van der Waals surface area contributed by atoms with Gasteiger partial charge in [-0.15, -0.1) is 0 Å². The highest BCUT2D eigenvalue weighted by Gasteiger charge is 2.38. The van der Waals surface area contributed by atoms with Gasteiger partial charge in [-0.3, -0.25) is 14.6 Å². The van der Waals surface area contributed by atoms with Crippen LogP contribution in [-0.2, 0) is 11.2 Å². The van der Waals surface area contributed by atoms with Gasteiger partial charge in [0.05, 0.1) is 12.7 Å². The van der Waals surface area contributed by atoms with Gasteiger partial charge in [-0.1, -0.05) is 43.3 Å². The summed E-state index contributed by atoms with van der Waals surface area (Å²) in [4.78, 5) is 34.9. The van der Waals surface area contributed by atoms with Crippen molar-refractivity contribution in [2.24, 2.45) is 0 Å². The van der Waals surface area contributed by atoms with Crippen molar-refractivity contribution < 1.29 is 14.3 Å². The number of hydrogen-bond acceptors (Lipinski definition) is 4. The first-order valence-electron chi connectivity index (χ1n) is 11.3. The molecule has 0 bridgehead atoms. The van der Waals surface area contributed by atoms with Gasteiger partial charge in [0.1, 0.15) is 11.8 Å². The Kier molecular flexibility index (Phi) is 7.03. The van der Waals surface area contributed by atoms with Gasteiger partial charge < -0.3 is 14.5 Å². The number of para-hydroxylation sites is 1. The first-order valence-corrected chi connectivity index (χ1v) is 11.3. The Bertz CT molecular complexity index is 1120. The Morgan fingerprint density at radius 3 is 2.52 bits per heavy atom. The monoisotopic (exact) mass is 443 g/mol. The predicted octanol–water partition coefficient (Wildman–Crippen LogP) is 4.06. The molecule has 1 aliphatic rings. The minimum absolute atomic E-state index is 0.00382. The van der Waals surface area contributed by atoms with E-state index in [1.807, 2.05) is 53.4 Å². The third kappa shape index (κ3) is 4.75. The van der Waals surface area contributed by atoms with E-state index in [9.17, 15) is 9.59 Å². The molecule has 1 aliphatic heterocycles. The lowest BCUT2D eigenvalue weighted by molar-refractivity contribution is -0.140. The maximum atomic E-state index is 13.6. The number of carbonyl (C=O) groups is 2. The van der Waals surface area contributed by atoms with Crippen molar-refractivity contribution in [1.82, 2.24) is 14.8 Å². The average molecular weight is 444 g/mol. The fourth-order valence-electron chi connectivity index (χ4n) is 4.47. The number of rotatable bonds is 7. The number of nitrogens with zero attached hydrogens (tertiary/aromatic N) is 3. The van der Waals surface area contributed by atoms with Gasteiger partial charge in [0.25, 0.3) is 5.91 Å². The first kappa shape index (κ1) is 22.5. The summed E-state index contributed by atoms with van der Waals surface area (Å²) < 4.78 is 5.43. The Balaban J connectivity index is 1.71. The zero-order valence-corrected chi connectivity index (χ0v) is 19.1. The van der Waals surface area contributed by atoms with E-state index < -0.39 is 6.04 Å². The van der Waals surface area contributed by atoms with Gasteiger partial charge in [0.15, 0.2) is 0 Å². The summed E-state index contributed by atoms with van der Waals surface area (Å²) in [6.45, 7) is 3.78. The Labute approximate surface area is 194 Å². The minimum Gasteiger partial charge on any atom is -0.496 e. The summed E-state index contributed by atoms with van der Waals surface area (Å²) in [5, 5.41) is 0. The molecular weight excluding hydrogens is 414 g/mol. The lowest BCUT2D eigenvalue weighted by Crippen LogP contribution is -2.59. The number of piperazine rings is 1. The van der Waals surface area contributed by atoms with Crippen LogP contribution in [0.3, 0.4) is 0 Å². The number of amides is 2. The zero-order valence-electron chi connectivity index (χ0n) is 19.1. The Hall–Kier alpha value is -3.67. The van der Waals surface area contributed by atoms with Crippen LogP contribution in [0.4, 0.5) is 0 Å². The van der Waals surface area contributed by atoms with E-state index in [4.69, 9.17) is 4.74 Å². The van der Waals surface area contributed by atoms with Gasteiger partial charge in [-0.25, -0.2) is 0 Å². The SMILES string of the molecule is CCCN1CCN(C(=O)c2ccccc2OC)[C@@H](Cc2ccccc2-c2ccncc2)C1=O. The highest BCUT2D eigenvalue weighted by molar-refractivity contribution is 6.00. The van der Waals surface area contributed by atoms with E-state index in [0.717, 1.165) is 23.1 Å². The molecule has 0 saturated carbocycles. The van der Waals surface area contributed by atoms with Crippen LogP contribution in [0, 0.1) is 0 Å². The van der Waals surface area contributed by atoms with Crippen LogP contribution in [0.5, 0.6) is 5.75 Å². The van der Waals surface area contributed by atoms with E-state index in [-0.39, 0.29) is 11.8 Å². The molecule has 2 heterocycles. The van der Waals surface area contributed by atoms with Crippen molar-refractivity contribution in [3.8, 4) is 16.9 Å². The molecule has 2 amide bonds. The van der Waals surface area contributed by atoms with E-state index in [0.29, 0.717) is 37.4 Å². The normalized spacial score (nSPS) is 16.1. The van der Waals surface area contributed by atoms with Crippen molar-refractivity contribution in [2.45, 2.75) is 25.8 Å². The van der Waals surface area contributed by atoms with Crippen LogP contribution < -0.4 is 4.74 Å². The topological polar surface area (TPSA) is 62.7 Å². The van der Waals surface area contributed by atoms with Crippen molar-refractivity contribution in [3.63, 3.8) is 0 Å². The van der Waals surface area contributed by atoms with Crippen molar-refractivity contribution in [2.75, 3.05) is 26.7 Å². The second-order valence-corrected chi connectivity index (χ2v) is 8.14. The third-order valence-corrected chi connectivity index (χ3v) is 6.10. The molecule has 1 saturated heterocycles. The molecule has 1 atom stereocenters. The molecule has 2 aromatic carbocycles. The molecule has 0 N–H and O–H groups in total. The highest BCUT2D eigenvalue weighted by atomic mass is 16.5. The lowest BCUT2D eigenvalue weighted by Gasteiger charge is -2.41. The molecule has 33 heavy (non-hydrogen) atoms. The van der Waals surface area contributed by atoms with Crippen LogP contribution in [0.15, 0.2) is 73.1 Å². The van der Waals surface area contributed by atoms with Crippen LogP contribution >= 0.6 is 0 Å². The maximum Gasteiger partial charge on any atom is 0.258 e. The standard InChI is InChI=1S/C27H29N3O3/c1-3-16-29-17-18-30(26(31)23-10-6-7-11-25(23)33-2)24(27(29)32)19-21-8-4-5-9-22(21)20-12-14-28-15-13-20/h4-15,24H,3,16-19H2,1-2H3/t24-/m0/s1. The van der Waals surface area contributed by atoms with Gasteiger partial charge >= 0.3 is 0 Å². The number of carbonyl (C=O) groups excluding carboxylic acids is 2. The van der Waals surface area contributed by atoms with Crippen molar-refractivity contribution in [3.05, 3.63) is 84.2 Å². The number of benzene rings is 2. The summed E-state index contributed by atoms with van der Waals surface area (Å²) in [5.74, 6) is 0.334. The second kappa shape index (κ2) is 10.3. The molecule has 6 heteroatoms. The van der Waals surface area contributed by atoms with E-state index in [2.05, 4.69) is 11.9 Å². The average Bonchev–Trinajstić information content (AvgIpc) is 2.87. The summed E-state index contributed by atoms with van der Waals surface area (Å²) in [7, 11) is 1.55. The molecule has 4 rings (SSSR count). The molecule has 1 aromatic heterocycles. The Morgan fingerprint density at radius 2 is 1.76 bits per heavy atom. The lowest BCUT2D eigenvalue weighted by atomic mass is 9.93. The molecule has 3 aromatic rings. The van der Waals surface area contributed by atoms with Crippen LogP contribution in [0.25, 0.3) is 11.1 Å². The molecule has 6 nitrogen and oxygen atoms in total. The van der Waals surface area contributed by atoms with Gasteiger partial charge in [-0.2, -0.15) is 0 Å². The zero-order chi connectivity index (χ0) is 23.2. The molecule has 170 valence electrons. The molecule has 0 spiro atoms. The van der Waals surface area contributed by atoms with E-state index >= 15 is 0 Å². The summed E-state index contributed by atoms with van der Waals surface area (Å²) in [5.41, 5.74) is 3.59. The molecule has 0 unspecified atom stereocenters. The highest BCUT2D eigenvalue weighted by Crippen LogP contribution is 2.28. The van der Waals surface area contributed by atoms with Gasteiger partial charge in [0, 0.05) is 38.4 Å². The second-order valence-electron chi connectivity index (χ2n) is 8.14. The number of hydrogen-bond donors (Lipinski definition) is 0. The van der Waals surface area contributed by atoms with Crippen LogP contribution in [0.1, 0.15) is 29.3 Å². The van der Waals surface area contributed by atoms with Gasteiger partial charge in [-0.05, 0) is 47.4 Å². The molecular formula is C27H29N3O3. The number of methoxy groups -OCH3 is 1. The van der Waals surface area contributed by atoms with Crippen molar-refractivity contribution >= 4 is 11.8 Å². The number of pyridine rings is 1. The van der Waals surface area contributed by atoms with Crippen LogP contribution in [-0.4, -0.2) is 59.4 Å². The van der Waals surface area contributed by atoms with Crippen molar-refractivity contribution in [1.29, 1.82) is 0 Å². The summed E-state index contributed by atoms with van der Waals surface area (Å²) in [6, 6.07) is 18.6. The first-order chi connectivity index (χ1) is 16.1. The quantitative estimate of drug-likeness (QED) is 0.552. The number of ether oxygens (including phenoxy) is 1. The fourth-order valence-corrected chi connectivity index (χ4v) is 4.47. The third-order valence-electron chi connectivity index (χ3n) is 6.10. The minimum atomic E-state index is -0.578.